The largest absolute Gasteiger partial charge is 0.414 e. The van der Waals surface area contributed by atoms with Crippen LogP contribution in [0.25, 0.3) is 0 Å². The van der Waals surface area contributed by atoms with Gasteiger partial charge in [-0.1, -0.05) is 13.3 Å². The maximum Gasteiger partial charge on any atom is 0.414 e. The van der Waals surface area contributed by atoms with Gasteiger partial charge in [-0.3, -0.25) is 0 Å². The van der Waals surface area contributed by atoms with Gasteiger partial charge in [-0.15, -0.1) is 0 Å². The summed E-state index contributed by atoms with van der Waals surface area (Å²) in [5, 5.41) is 3.39. The fourth-order valence-corrected chi connectivity index (χ4v) is 2.40. The van der Waals surface area contributed by atoms with E-state index < -0.39 is 12.3 Å². The van der Waals surface area contributed by atoms with Crippen molar-refractivity contribution in [1.29, 1.82) is 0 Å². The Hall–Kier alpha value is -0.290. The molecule has 0 bridgehead atoms. The van der Waals surface area contributed by atoms with E-state index in [2.05, 4.69) is 12.2 Å². The highest BCUT2D eigenvalue weighted by Crippen LogP contribution is 2.29. The number of nitrogens with one attached hydrogen (secondary N) is 1. The minimum Gasteiger partial charge on any atom is -0.369 e. The molecule has 1 aliphatic rings. The van der Waals surface area contributed by atoms with Gasteiger partial charge in [0.2, 0.25) is 0 Å². The van der Waals surface area contributed by atoms with Crippen LogP contribution in [0.5, 0.6) is 0 Å². The first kappa shape index (κ1) is 14.8. The summed E-state index contributed by atoms with van der Waals surface area (Å²) in [4.78, 5) is 0. The van der Waals surface area contributed by atoms with E-state index in [0.717, 1.165) is 39.2 Å². The molecule has 0 aromatic heterocycles. The van der Waals surface area contributed by atoms with Crippen molar-refractivity contribution in [1.82, 2.24) is 5.32 Å². The molecule has 1 aliphatic carbocycles. The third kappa shape index (κ3) is 4.84. The van der Waals surface area contributed by atoms with Crippen LogP contribution in [0, 0.1) is 5.92 Å². The number of hydrogen-bond acceptors (Lipinski definition) is 2. The molecule has 2 nitrogen and oxygen atoms in total. The van der Waals surface area contributed by atoms with Crippen LogP contribution in [-0.2, 0) is 4.74 Å². The molecule has 0 heterocycles. The predicted octanol–water partition coefficient (Wildman–Crippen LogP) is 3.12. The molecule has 0 spiro atoms. The van der Waals surface area contributed by atoms with E-state index in [-0.39, 0.29) is 6.61 Å². The summed E-state index contributed by atoms with van der Waals surface area (Å²) < 4.78 is 41.5. The second-order valence-electron chi connectivity index (χ2n) is 4.70. The molecule has 3 atom stereocenters. The second kappa shape index (κ2) is 6.59. The van der Waals surface area contributed by atoms with Gasteiger partial charge >= 0.3 is 6.18 Å². The van der Waals surface area contributed by atoms with Crippen LogP contribution in [0.2, 0.25) is 0 Å². The molecule has 3 unspecified atom stereocenters. The first-order valence-corrected chi connectivity index (χ1v) is 6.36. The monoisotopic (exact) mass is 253 g/mol. The fourth-order valence-electron chi connectivity index (χ4n) is 2.40. The van der Waals surface area contributed by atoms with Gasteiger partial charge in [0, 0.05) is 12.6 Å². The molecule has 0 aromatic carbocycles. The van der Waals surface area contributed by atoms with Crippen LogP contribution in [0.15, 0.2) is 0 Å². The lowest BCUT2D eigenvalue weighted by Gasteiger charge is -2.22. The Morgan fingerprint density at radius 3 is 2.65 bits per heavy atom. The zero-order valence-electron chi connectivity index (χ0n) is 10.5. The molecule has 0 aliphatic heterocycles. The van der Waals surface area contributed by atoms with Crippen molar-refractivity contribution in [3.8, 4) is 0 Å². The number of alkyl halides is 3. The molecule has 1 saturated carbocycles. The van der Waals surface area contributed by atoms with Crippen LogP contribution >= 0.6 is 0 Å². The fraction of sp³-hybridized carbons (Fsp3) is 1.00. The van der Waals surface area contributed by atoms with E-state index in [9.17, 15) is 13.2 Å². The summed E-state index contributed by atoms with van der Waals surface area (Å²) in [7, 11) is 0. The van der Waals surface area contributed by atoms with Gasteiger partial charge in [0.1, 0.15) is 0 Å². The normalized spacial score (nSPS) is 27.4. The minimum atomic E-state index is -4.24. The molecule has 0 aromatic rings. The maximum atomic E-state index is 12.2. The Kier molecular flexibility index (Phi) is 5.73. The molecule has 17 heavy (non-hydrogen) atoms. The maximum absolute atomic E-state index is 12.2. The summed E-state index contributed by atoms with van der Waals surface area (Å²) in [6.45, 7) is 4.24. The van der Waals surface area contributed by atoms with Crippen LogP contribution in [0.4, 0.5) is 13.2 Å². The SMILES string of the molecule is CCNC1CCCC1CCOC(C)C(F)(F)F. The average molecular weight is 253 g/mol. The third-order valence-corrected chi connectivity index (χ3v) is 3.44. The first-order valence-electron chi connectivity index (χ1n) is 6.36. The lowest BCUT2D eigenvalue weighted by molar-refractivity contribution is -0.214. The van der Waals surface area contributed by atoms with Gasteiger partial charge in [0.15, 0.2) is 6.10 Å². The smallest absolute Gasteiger partial charge is 0.369 e. The third-order valence-electron chi connectivity index (χ3n) is 3.44. The molecule has 102 valence electrons. The number of ether oxygens (including phenoxy) is 1. The molecule has 1 fully saturated rings. The van der Waals surface area contributed by atoms with E-state index in [4.69, 9.17) is 4.74 Å². The van der Waals surface area contributed by atoms with Gasteiger partial charge in [0.25, 0.3) is 0 Å². The zero-order valence-corrected chi connectivity index (χ0v) is 10.5. The minimum absolute atomic E-state index is 0.202. The Labute approximate surface area is 101 Å². The first-order chi connectivity index (χ1) is 7.95. The van der Waals surface area contributed by atoms with Crippen molar-refractivity contribution in [2.75, 3.05) is 13.2 Å². The number of hydrogen-bond donors (Lipinski definition) is 1. The molecular weight excluding hydrogens is 231 g/mol. The highest BCUT2D eigenvalue weighted by atomic mass is 19.4. The molecule has 1 rings (SSSR count). The van der Waals surface area contributed by atoms with Gasteiger partial charge in [-0.2, -0.15) is 13.2 Å². The standard InChI is InChI=1S/C12H22F3NO/c1-3-16-11-6-4-5-10(11)7-8-17-9(2)12(13,14)15/h9-11,16H,3-8H2,1-2H3. The van der Waals surface area contributed by atoms with E-state index in [1.165, 1.54) is 0 Å². The van der Waals surface area contributed by atoms with Crippen molar-refractivity contribution < 1.29 is 17.9 Å². The quantitative estimate of drug-likeness (QED) is 0.785. The number of halogens is 3. The second-order valence-corrected chi connectivity index (χ2v) is 4.70. The van der Waals surface area contributed by atoms with Crippen LogP contribution < -0.4 is 5.32 Å². The summed E-state index contributed by atoms with van der Waals surface area (Å²) in [6, 6.07) is 0.463. The molecule has 0 amide bonds. The highest BCUT2D eigenvalue weighted by Gasteiger charge is 2.37. The Bertz CT molecular complexity index is 220. The Morgan fingerprint density at radius 2 is 2.06 bits per heavy atom. The van der Waals surface area contributed by atoms with E-state index in [0.29, 0.717) is 12.0 Å². The van der Waals surface area contributed by atoms with E-state index >= 15 is 0 Å². The molecular formula is C12H22F3NO. The molecule has 0 radical (unpaired) electrons. The lowest BCUT2D eigenvalue weighted by atomic mass is 10.00. The van der Waals surface area contributed by atoms with Gasteiger partial charge in [-0.25, -0.2) is 0 Å². The number of rotatable bonds is 6. The lowest BCUT2D eigenvalue weighted by Crippen LogP contribution is -2.34. The van der Waals surface area contributed by atoms with Crippen molar-refractivity contribution in [3.05, 3.63) is 0 Å². The molecule has 0 saturated heterocycles. The van der Waals surface area contributed by atoms with Crippen LogP contribution in [-0.4, -0.2) is 31.5 Å². The molecule has 1 N–H and O–H groups in total. The summed E-state index contributed by atoms with van der Waals surface area (Å²) >= 11 is 0. The summed E-state index contributed by atoms with van der Waals surface area (Å²) in [6.07, 6.45) is -1.78. The molecule has 5 heteroatoms. The van der Waals surface area contributed by atoms with Crippen molar-refractivity contribution in [3.63, 3.8) is 0 Å². The van der Waals surface area contributed by atoms with Gasteiger partial charge < -0.3 is 10.1 Å². The van der Waals surface area contributed by atoms with E-state index in [1.807, 2.05) is 0 Å². The average Bonchev–Trinajstić information content (AvgIpc) is 2.65. The van der Waals surface area contributed by atoms with Gasteiger partial charge in [0.05, 0.1) is 0 Å². The summed E-state index contributed by atoms with van der Waals surface area (Å²) in [5.74, 6) is 0.468. The van der Waals surface area contributed by atoms with E-state index in [1.54, 1.807) is 0 Å². The Balaban J connectivity index is 2.22. The highest BCUT2D eigenvalue weighted by molar-refractivity contribution is 4.82. The van der Waals surface area contributed by atoms with Crippen molar-refractivity contribution >= 4 is 0 Å². The zero-order chi connectivity index (χ0) is 12.9. The van der Waals surface area contributed by atoms with Crippen LogP contribution in [0.3, 0.4) is 0 Å². The van der Waals surface area contributed by atoms with Crippen molar-refractivity contribution in [2.24, 2.45) is 5.92 Å². The Morgan fingerprint density at radius 1 is 1.35 bits per heavy atom. The summed E-state index contributed by atoms with van der Waals surface area (Å²) in [5.41, 5.74) is 0. The predicted molar refractivity (Wildman–Crippen MR) is 60.9 cm³/mol. The topological polar surface area (TPSA) is 21.3 Å². The van der Waals surface area contributed by atoms with Gasteiger partial charge in [-0.05, 0) is 38.6 Å². The van der Waals surface area contributed by atoms with Crippen molar-refractivity contribution in [2.45, 2.75) is 57.9 Å². The van der Waals surface area contributed by atoms with Crippen LogP contribution in [0.1, 0.15) is 39.5 Å².